The van der Waals surface area contributed by atoms with Crippen molar-refractivity contribution in [2.45, 2.75) is 19.3 Å². The van der Waals surface area contributed by atoms with Gasteiger partial charge in [0.1, 0.15) is 11.9 Å². The number of morpholine rings is 1. The molecule has 1 aromatic carbocycles. The van der Waals surface area contributed by atoms with Crippen LogP contribution in [-0.2, 0) is 24.9 Å². The van der Waals surface area contributed by atoms with Crippen LogP contribution in [0.1, 0.15) is 22.8 Å². The first-order chi connectivity index (χ1) is 12.6. The van der Waals surface area contributed by atoms with Crippen LogP contribution in [0, 0.1) is 5.82 Å². The van der Waals surface area contributed by atoms with E-state index in [2.05, 4.69) is 20.3 Å². The Hall–Kier alpha value is -1.72. The van der Waals surface area contributed by atoms with E-state index in [0.717, 1.165) is 23.6 Å². The van der Waals surface area contributed by atoms with Gasteiger partial charge in [-0.3, -0.25) is 9.67 Å². The van der Waals surface area contributed by atoms with Crippen LogP contribution in [0.3, 0.4) is 0 Å². The Labute approximate surface area is 175 Å². The van der Waals surface area contributed by atoms with Crippen LogP contribution in [0.2, 0.25) is 0 Å². The zero-order chi connectivity index (χ0) is 18.5. The predicted molar refractivity (Wildman–Crippen MR) is 111 cm³/mol. The first-order valence-electron chi connectivity index (χ1n) is 8.54. The minimum Gasteiger partial charge on any atom is -0.392 e. The van der Waals surface area contributed by atoms with Gasteiger partial charge >= 0.3 is 0 Å². The van der Waals surface area contributed by atoms with E-state index in [1.54, 1.807) is 23.9 Å². The van der Waals surface area contributed by atoms with E-state index >= 15 is 0 Å². The van der Waals surface area contributed by atoms with Crippen molar-refractivity contribution in [3.8, 4) is 0 Å². The van der Waals surface area contributed by atoms with Crippen molar-refractivity contribution in [1.82, 2.24) is 20.0 Å². The van der Waals surface area contributed by atoms with Crippen LogP contribution in [0.5, 0.6) is 0 Å². The summed E-state index contributed by atoms with van der Waals surface area (Å²) in [6.07, 6.45) is 3.72. The first kappa shape index (κ1) is 21.6. The summed E-state index contributed by atoms with van der Waals surface area (Å²) in [5, 5.41) is 16.7. The van der Waals surface area contributed by atoms with Crippen molar-refractivity contribution in [3.63, 3.8) is 0 Å². The molecule has 7 nitrogen and oxygen atoms in total. The van der Waals surface area contributed by atoms with Gasteiger partial charge < -0.3 is 20.1 Å². The van der Waals surface area contributed by atoms with E-state index in [1.807, 2.05) is 19.4 Å². The number of halogens is 2. The molecule has 1 aliphatic rings. The number of nitrogens with one attached hydrogen (secondary N) is 1. The fourth-order valence-corrected chi connectivity index (χ4v) is 3.02. The second-order valence-electron chi connectivity index (χ2n) is 6.24. The topological polar surface area (TPSA) is 74.9 Å². The highest BCUT2D eigenvalue weighted by Crippen LogP contribution is 2.21. The van der Waals surface area contributed by atoms with Crippen LogP contribution in [-0.4, -0.2) is 52.5 Å². The Bertz CT molecular complexity index is 783. The molecule has 1 fully saturated rings. The molecule has 0 bridgehead atoms. The molecule has 1 unspecified atom stereocenters. The Balaban J connectivity index is 0.00000261. The summed E-state index contributed by atoms with van der Waals surface area (Å²) in [4.78, 5) is 6.49. The smallest absolute Gasteiger partial charge is 0.194 e. The molecule has 27 heavy (non-hydrogen) atoms. The average Bonchev–Trinajstić information content (AvgIpc) is 3.10. The van der Waals surface area contributed by atoms with Crippen LogP contribution >= 0.6 is 24.0 Å². The van der Waals surface area contributed by atoms with E-state index in [4.69, 9.17) is 4.74 Å². The number of aliphatic hydroxyl groups excluding tert-OH is 1. The van der Waals surface area contributed by atoms with Gasteiger partial charge in [-0.05, 0) is 17.7 Å². The van der Waals surface area contributed by atoms with Gasteiger partial charge in [-0.15, -0.1) is 24.0 Å². The van der Waals surface area contributed by atoms with Crippen molar-refractivity contribution in [3.05, 3.63) is 53.1 Å². The zero-order valence-corrected chi connectivity index (χ0v) is 17.8. The molecule has 0 radical (unpaired) electrons. The number of nitrogens with zero attached hydrogens (tertiary/aromatic N) is 4. The lowest BCUT2D eigenvalue weighted by atomic mass is 10.1. The number of ether oxygens (including phenoxy) is 1. The Morgan fingerprint density at radius 1 is 1.48 bits per heavy atom. The molecular formula is C18H25FIN5O2. The summed E-state index contributed by atoms with van der Waals surface area (Å²) in [6.45, 7) is 2.20. The number of aliphatic hydroxyl groups is 1. The standard InChI is InChI=1S/C18H24FN5O2.HI/c1-20-18(21-8-13-3-4-16(19)14(7-13)12-25)24-5-6-26-17(11-24)15-9-22-23(2)10-15;/h3-4,7,9-10,17,25H,5-6,8,11-12H2,1-2H3,(H,20,21);1H. The normalized spacial score (nSPS) is 17.6. The van der Waals surface area contributed by atoms with Crippen molar-refractivity contribution in [1.29, 1.82) is 0 Å². The molecule has 1 aliphatic heterocycles. The highest BCUT2D eigenvalue weighted by Gasteiger charge is 2.25. The predicted octanol–water partition coefficient (Wildman–Crippen LogP) is 1.82. The first-order valence-corrected chi connectivity index (χ1v) is 8.54. The summed E-state index contributed by atoms with van der Waals surface area (Å²) in [5.41, 5.74) is 2.22. The molecule has 0 amide bonds. The number of aromatic nitrogens is 2. The van der Waals surface area contributed by atoms with E-state index in [9.17, 15) is 9.50 Å². The van der Waals surface area contributed by atoms with Gasteiger partial charge in [-0.25, -0.2) is 4.39 Å². The molecule has 1 saturated heterocycles. The minimum atomic E-state index is -0.395. The lowest BCUT2D eigenvalue weighted by Crippen LogP contribution is -2.47. The van der Waals surface area contributed by atoms with Gasteiger partial charge in [0.15, 0.2) is 5.96 Å². The summed E-state index contributed by atoms with van der Waals surface area (Å²) in [7, 11) is 3.62. The second-order valence-corrected chi connectivity index (χ2v) is 6.24. The number of aryl methyl sites for hydroxylation is 1. The van der Waals surface area contributed by atoms with E-state index in [0.29, 0.717) is 25.3 Å². The third-order valence-electron chi connectivity index (χ3n) is 4.41. The third kappa shape index (κ3) is 5.39. The molecule has 0 spiro atoms. The maximum Gasteiger partial charge on any atom is 0.194 e. The molecule has 2 N–H and O–H groups in total. The summed E-state index contributed by atoms with van der Waals surface area (Å²) in [5.74, 6) is 0.366. The van der Waals surface area contributed by atoms with E-state index < -0.39 is 5.82 Å². The van der Waals surface area contributed by atoms with Crippen LogP contribution in [0.4, 0.5) is 4.39 Å². The van der Waals surface area contributed by atoms with Gasteiger partial charge in [0.2, 0.25) is 0 Å². The molecule has 0 aliphatic carbocycles. The average molecular weight is 489 g/mol. The molecule has 0 saturated carbocycles. The van der Waals surface area contributed by atoms with E-state index in [-0.39, 0.29) is 36.7 Å². The molecule has 2 aromatic rings. The quantitative estimate of drug-likeness (QED) is 0.390. The van der Waals surface area contributed by atoms with Gasteiger partial charge in [-0.2, -0.15) is 5.10 Å². The Morgan fingerprint density at radius 3 is 2.96 bits per heavy atom. The fraction of sp³-hybridized carbons (Fsp3) is 0.444. The summed E-state index contributed by atoms with van der Waals surface area (Å²) in [6, 6.07) is 4.73. The highest BCUT2D eigenvalue weighted by molar-refractivity contribution is 14.0. The summed E-state index contributed by atoms with van der Waals surface area (Å²) >= 11 is 0. The van der Waals surface area contributed by atoms with Gasteiger partial charge in [0, 0.05) is 44.5 Å². The number of guanidine groups is 1. The largest absolute Gasteiger partial charge is 0.392 e. The van der Waals surface area contributed by atoms with Crippen LogP contribution < -0.4 is 5.32 Å². The van der Waals surface area contributed by atoms with Crippen LogP contribution in [0.25, 0.3) is 0 Å². The number of hydrogen-bond donors (Lipinski definition) is 2. The van der Waals surface area contributed by atoms with Crippen molar-refractivity contribution >= 4 is 29.9 Å². The van der Waals surface area contributed by atoms with Crippen molar-refractivity contribution < 1.29 is 14.2 Å². The van der Waals surface area contributed by atoms with E-state index in [1.165, 1.54) is 6.07 Å². The van der Waals surface area contributed by atoms with Crippen molar-refractivity contribution in [2.75, 3.05) is 26.7 Å². The highest BCUT2D eigenvalue weighted by atomic mass is 127. The number of aliphatic imine (C=N–C) groups is 1. The Kier molecular flexibility index (Phi) is 7.99. The molecular weight excluding hydrogens is 464 g/mol. The maximum absolute atomic E-state index is 13.5. The number of hydrogen-bond acceptors (Lipinski definition) is 4. The van der Waals surface area contributed by atoms with Gasteiger partial charge in [0.05, 0.1) is 26.0 Å². The molecule has 2 heterocycles. The lowest BCUT2D eigenvalue weighted by molar-refractivity contribution is -0.00805. The molecule has 1 aromatic heterocycles. The minimum absolute atomic E-state index is 0. The Morgan fingerprint density at radius 2 is 2.30 bits per heavy atom. The maximum atomic E-state index is 13.5. The third-order valence-corrected chi connectivity index (χ3v) is 4.41. The van der Waals surface area contributed by atoms with Crippen molar-refractivity contribution in [2.24, 2.45) is 12.0 Å². The molecule has 3 rings (SSSR count). The van der Waals surface area contributed by atoms with Crippen LogP contribution in [0.15, 0.2) is 35.6 Å². The number of benzene rings is 1. The summed E-state index contributed by atoms with van der Waals surface area (Å²) < 4.78 is 21.1. The number of rotatable bonds is 4. The molecule has 9 heteroatoms. The second kappa shape index (κ2) is 10.00. The van der Waals surface area contributed by atoms with Gasteiger partial charge in [0.25, 0.3) is 0 Å². The molecule has 148 valence electrons. The fourth-order valence-electron chi connectivity index (χ4n) is 3.02. The SMILES string of the molecule is CN=C(NCc1ccc(F)c(CO)c1)N1CCOC(c2cnn(C)c2)C1.I. The molecule has 1 atom stereocenters. The lowest BCUT2D eigenvalue weighted by Gasteiger charge is -2.34. The zero-order valence-electron chi connectivity index (χ0n) is 15.4. The van der Waals surface area contributed by atoms with Gasteiger partial charge in [-0.1, -0.05) is 6.07 Å². The monoisotopic (exact) mass is 489 g/mol.